The summed E-state index contributed by atoms with van der Waals surface area (Å²) >= 11 is 0. The maximum Gasteiger partial charge on any atom is 0.129 e. The van der Waals surface area contributed by atoms with Gasteiger partial charge >= 0.3 is 0 Å². The number of aromatic nitrogens is 2. The standard InChI is InChI=1S/C14H21N3/c1-9-7-14(17-10(2)16-9)15-8-13(11-3-4-11)12-5-6-12/h7,11-13H,3-6,8H2,1-2H3,(H,15,16,17). The minimum atomic E-state index is 0.863. The van der Waals surface area contributed by atoms with E-state index in [-0.39, 0.29) is 0 Å². The van der Waals surface area contributed by atoms with Crippen LogP contribution in [0.15, 0.2) is 6.07 Å². The Balaban J connectivity index is 1.61. The van der Waals surface area contributed by atoms with Crippen LogP contribution in [-0.4, -0.2) is 16.5 Å². The highest BCUT2D eigenvalue weighted by Gasteiger charge is 2.40. The van der Waals surface area contributed by atoms with Gasteiger partial charge in [-0.15, -0.1) is 0 Å². The Kier molecular flexibility index (Phi) is 2.77. The lowest BCUT2D eigenvalue weighted by molar-refractivity contribution is 0.427. The average molecular weight is 231 g/mol. The molecule has 0 radical (unpaired) electrons. The third kappa shape index (κ3) is 2.76. The van der Waals surface area contributed by atoms with Crippen LogP contribution in [0, 0.1) is 31.6 Å². The van der Waals surface area contributed by atoms with Crippen LogP contribution in [0.3, 0.4) is 0 Å². The molecule has 0 amide bonds. The number of rotatable bonds is 5. The molecule has 0 aromatic carbocycles. The fourth-order valence-corrected chi connectivity index (χ4v) is 2.80. The summed E-state index contributed by atoms with van der Waals surface area (Å²) in [5, 5.41) is 3.52. The Morgan fingerprint density at radius 1 is 1.18 bits per heavy atom. The van der Waals surface area contributed by atoms with Gasteiger partial charge in [0, 0.05) is 18.3 Å². The first-order valence-corrected chi connectivity index (χ1v) is 6.78. The first-order chi connectivity index (χ1) is 8.22. The van der Waals surface area contributed by atoms with Crippen LogP contribution in [0.1, 0.15) is 37.2 Å². The minimum Gasteiger partial charge on any atom is -0.370 e. The Bertz CT molecular complexity index is 376. The molecule has 0 spiro atoms. The molecule has 1 aromatic rings. The van der Waals surface area contributed by atoms with E-state index in [1.807, 2.05) is 19.9 Å². The Hall–Kier alpha value is -1.12. The summed E-state index contributed by atoms with van der Waals surface area (Å²) in [5.41, 5.74) is 1.05. The summed E-state index contributed by atoms with van der Waals surface area (Å²) in [7, 11) is 0. The van der Waals surface area contributed by atoms with E-state index in [9.17, 15) is 0 Å². The van der Waals surface area contributed by atoms with E-state index in [1.165, 1.54) is 25.7 Å². The molecule has 1 N–H and O–H groups in total. The number of aryl methyl sites for hydroxylation is 2. The van der Waals surface area contributed by atoms with Crippen molar-refractivity contribution in [2.24, 2.45) is 17.8 Å². The SMILES string of the molecule is Cc1cc(NCC(C2CC2)C2CC2)nc(C)n1. The third-order valence-electron chi connectivity index (χ3n) is 3.94. The van der Waals surface area contributed by atoms with Gasteiger partial charge in [0.25, 0.3) is 0 Å². The highest BCUT2D eigenvalue weighted by atomic mass is 15.0. The summed E-state index contributed by atoms with van der Waals surface area (Å²) in [4.78, 5) is 8.75. The topological polar surface area (TPSA) is 37.8 Å². The summed E-state index contributed by atoms with van der Waals surface area (Å²) in [6.45, 7) is 5.09. The van der Waals surface area contributed by atoms with Crippen molar-refractivity contribution in [1.29, 1.82) is 0 Å². The molecule has 0 atom stereocenters. The Labute approximate surface area is 103 Å². The van der Waals surface area contributed by atoms with Crippen LogP contribution in [0.2, 0.25) is 0 Å². The monoisotopic (exact) mass is 231 g/mol. The molecule has 3 heteroatoms. The summed E-state index contributed by atoms with van der Waals surface area (Å²) < 4.78 is 0. The lowest BCUT2D eigenvalue weighted by Gasteiger charge is -2.16. The van der Waals surface area contributed by atoms with Crippen molar-refractivity contribution < 1.29 is 0 Å². The van der Waals surface area contributed by atoms with Gasteiger partial charge in [0.1, 0.15) is 11.6 Å². The second kappa shape index (κ2) is 4.28. The van der Waals surface area contributed by atoms with Gasteiger partial charge in [0.05, 0.1) is 0 Å². The molecule has 0 bridgehead atoms. The summed E-state index contributed by atoms with van der Waals surface area (Å²) in [6.07, 6.45) is 5.80. The van der Waals surface area contributed by atoms with E-state index < -0.39 is 0 Å². The zero-order valence-corrected chi connectivity index (χ0v) is 10.7. The van der Waals surface area contributed by atoms with E-state index in [0.717, 1.165) is 41.6 Å². The van der Waals surface area contributed by atoms with E-state index in [1.54, 1.807) is 0 Å². The quantitative estimate of drug-likeness (QED) is 0.846. The summed E-state index contributed by atoms with van der Waals surface area (Å²) in [5.74, 6) is 4.76. The number of nitrogens with zero attached hydrogens (tertiary/aromatic N) is 2. The Morgan fingerprint density at radius 2 is 1.82 bits per heavy atom. The summed E-state index contributed by atoms with van der Waals surface area (Å²) in [6, 6.07) is 2.05. The predicted molar refractivity (Wildman–Crippen MR) is 68.9 cm³/mol. The first-order valence-electron chi connectivity index (χ1n) is 6.78. The van der Waals surface area contributed by atoms with E-state index in [0.29, 0.717) is 0 Å². The second-order valence-corrected chi connectivity index (χ2v) is 5.66. The van der Waals surface area contributed by atoms with Crippen LogP contribution in [0.25, 0.3) is 0 Å². The third-order valence-corrected chi connectivity index (χ3v) is 3.94. The highest BCUT2D eigenvalue weighted by Crippen LogP contribution is 2.49. The zero-order valence-electron chi connectivity index (χ0n) is 10.7. The van der Waals surface area contributed by atoms with Gasteiger partial charge in [-0.05, 0) is 57.3 Å². The van der Waals surface area contributed by atoms with Gasteiger partial charge in [-0.1, -0.05) is 0 Å². The molecule has 2 fully saturated rings. The largest absolute Gasteiger partial charge is 0.370 e. The zero-order chi connectivity index (χ0) is 11.8. The molecule has 0 saturated heterocycles. The van der Waals surface area contributed by atoms with E-state index in [4.69, 9.17) is 0 Å². The number of hydrogen-bond donors (Lipinski definition) is 1. The molecule has 1 heterocycles. The molecule has 1 aromatic heterocycles. The normalized spacial score (nSPS) is 19.7. The van der Waals surface area contributed by atoms with Gasteiger partial charge in [0.15, 0.2) is 0 Å². The van der Waals surface area contributed by atoms with Crippen LogP contribution in [0.4, 0.5) is 5.82 Å². The molecular weight excluding hydrogens is 210 g/mol. The average Bonchev–Trinajstić information content (AvgIpc) is 3.12. The molecule has 2 saturated carbocycles. The van der Waals surface area contributed by atoms with Crippen LogP contribution in [-0.2, 0) is 0 Å². The smallest absolute Gasteiger partial charge is 0.129 e. The van der Waals surface area contributed by atoms with Crippen molar-refractivity contribution in [3.8, 4) is 0 Å². The van der Waals surface area contributed by atoms with Crippen molar-refractivity contribution >= 4 is 5.82 Å². The van der Waals surface area contributed by atoms with Gasteiger partial charge in [-0.25, -0.2) is 9.97 Å². The van der Waals surface area contributed by atoms with Crippen LogP contribution < -0.4 is 5.32 Å². The van der Waals surface area contributed by atoms with Crippen molar-refractivity contribution in [2.45, 2.75) is 39.5 Å². The first kappa shape index (κ1) is 11.0. The minimum absolute atomic E-state index is 0.863. The number of nitrogens with one attached hydrogen (secondary N) is 1. The second-order valence-electron chi connectivity index (χ2n) is 5.66. The number of hydrogen-bond acceptors (Lipinski definition) is 3. The fourth-order valence-electron chi connectivity index (χ4n) is 2.80. The maximum atomic E-state index is 4.44. The molecule has 17 heavy (non-hydrogen) atoms. The van der Waals surface area contributed by atoms with Gasteiger partial charge in [-0.3, -0.25) is 0 Å². The maximum absolute atomic E-state index is 4.44. The molecule has 3 nitrogen and oxygen atoms in total. The molecule has 0 unspecified atom stereocenters. The fraction of sp³-hybridized carbons (Fsp3) is 0.714. The van der Waals surface area contributed by atoms with Crippen molar-refractivity contribution in [2.75, 3.05) is 11.9 Å². The van der Waals surface area contributed by atoms with Crippen molar-refractivity contribution in [3.05, 3.63) is 17.6 Å². The molecular formula is C14H21N3. The van der Waals surface area contributed by atoms with Crippen molar-refractivity contribution in [3.63, 3.8) is 0 Å². The van der Waals surface area contributed by atoms with E-state index in [2.05, 4.69) is 15.3 Å². The number of anilines is 1. The van der Waals surface area contributed by atoms with Gasteiger partial charge in [0.2, 0.25) is 0 Å². The molecule has 2 aliphatic carbocycles. The predicted octanol–water partition coefficient (Wildman–Crippen LogP) is 2.94. The van der Waals surface area contributed by atoms with Crippen molar-refractivity contribution in [1.82, 2.24) is 9.97 Å². The van der Waals surface area contributed by atoms with Crippen LogP contribution in [0.5, 0.6) is 0 Å². The van der Waals surface area contributed by atoms with E-state index >= 15 is 0 Å². The lowest BCUT2D eigenvalue weighted by Crippen LogP contribution is -2.19. The molecule has 2 aliphatic rings. The molecule has 3 rings (SSSR count). The van der Waals surface area contributed by atoms with Crippen LogP contribution >= 0.6 is 0 Å². The molecule has 92 valence electrons. The molecule has 0 aliphatic heterocycles. The Morgan fingerprint density at radius 3 is 2.35 bits per heavy atom. The van der Waals surface area contributed by atoms with Gasteiger partial charge < -0.3 is 5.32 Å². The lowest BCUT2D eigenvalue weighted by atomic mass is 9.98. The van der Waals surface area contributed by atoms with Gasteiger partial charge in [-0.2, -0.15) is 0 Å². The highest BCUT2D eigenvalue weighted by molar-refractivity contribution is 5.35.